The van der Waals surface area contributed by atoms with E-state index in [1.807, 2.05) is 0 Å². The minimum absolute atomic E-state index is 0.316. The molecular formula is C14H18BrCl. The van der Waals surface area contributed by atoms with Crippen molar-refractivity contribution in [2.75, 3.05) is 0 Å². The summed E-state index contributed by atoms with van der Waals surface area (Å²) in [6.07, 6.45) is 3.56. The second-order valence-corrected chi connectivity index (χ2v) is 6.52. The molecule has 0 amide bonds. The molecule has 0 radical (unpaired) electrons. The van der Waals surface area contributed by atoms with Gasteiger partial charge in [-0.2, -0.15) is 0 Å². The molecule has 0 spiro atoms. The van der Waals surface area contributed by atoms with Gasteiger partial charge in [-0.15, -0.1) is 11.6 Å². The normalized spacial score (nSPS) is 21.9. The van der Waals surface area contributed by atoms with Crippen LogP contribution < -0.4 is 0 Å². The average Bonchev–Trinajstić information content (AvgIpc) is 2.27. The van der Waals surface area contributed by atoms with Crippen molar-refractivity contribution in [3.63, 3.8) is 0 Å². The topological polar surface area (TPSA) is 0 Å². The fourth-order valence-corrected chi connectivity index (χ4v) is 3.19. The smallest absolute Gasteiger partial charge is 0.0390 e. The van der Waals surface area contributed by atoms with Crippen molar-refractivity contribution in [2.45, 2.75) is 38.5 Å². The molecule has 88 valence electrons. The zero-order valence-corrected chi connectivity index (χ0v) is 12.2. The van der Waals surface area contributed by atoms with Gasteiger partial charge in [0, 0.05) is 9.85 Å². The van der Waals surface area contributed by atoms with Crippen LogP contribution in [0.2, 0.25) is 0 Å². The van der Waals surface area contributed by atoms with E-state index in [2.05, 4.69) is 48.0 Å². The van der Waals surface area contributed by atoms with Crippen LogP contribution in [0, 0.1) is 11.8 Å². The first-order valence-corrected chi connectivity index (χ1v) is 7.22. The van der Waals surface area contributed by atoms with Gasteiger partial charge >= 0.3 is 0 Å². The molecule has 0 fully saturated rings. The maximum atomic E-state index is 6.48. The van der Waals surface area contributed by atoms with E-state index in [0.29, 0.717) is 17.2 Å². The van der Waals surface area contributed by atoms with Gasteiger partial charge in [0.25, 0.3) is 0 Å². The van der Waals surface area contributed by atoms with Gasteiger partial charge in [0.05, 0.1) is 0 Å². The molecule has 1 aliphatic rings. The van der Waals surface area contributed by atoms with Gasteiger partial charge in [-0.25, -0.2) is 0 Å². The molecular weight excluding hydrogens is 284 g/mol. The highest BCUT2D eigenvalue weighted by Crippen LogP contribution is 2.33. The Bertz CT molecular complexity index is 373. The van der Waals surface area contributed by atoms with E-state index in [0.717, 1.165) is 6.42 Å². The number of hydrogen-bond donors (Lipinski definition) is 0. The Labute approximate surface area is 112 Å². The van der Waals surface area contributed by atoms with Crippen LogP contribution in [0.25, 0.3) is 0 Å². The third kappa shape index (κ3) is 2.62. The van der Waals surface area contributed by atoms with E-state index in [1.54, 1.807) is 0 Å². The third-order valence-corrected chi connectivity index (χ3v) is 4.88. The number of halogens is 2. The Kier molecular flexibility index (Phi) is 3.97. The van der Waals surface area contributed by atoms with E-state index < -0.39 is 0 Å². The SMILES string of the molecule is CC(C)C(Cl)C1CCc2cc(Br)ccc2C1. The van der Waals surface area contributed by atoms with Crippen molar-refractivity contribution in [1.29, 1.82) is 0 Å². The molecule has 2 unspecified atom stereocenters. The summed E-state index contributed by atoms with van der Waals surface area (Å²) in [5, 5.41) is 0.316. The van der Waals surface area contributed by atoms with Crippen LogP contribution in [0.15, 0.2) is 22.7 Å². The summed E-state index contributed by atoms with van der Waals surface area (Å²) in [6.45, 7) is 4.43. The minimum Gasteiger partial charge on any atom is -0.122 e. The lowest BCUT2D eigenvalue weighted by Gasteiger charge is -2.30. The number of aryl methyl sites for hydroxylation is 1. The Morgan fingerprint density at radius 3 is 2.75 bits per heavy atom. The molecule has 1 aromatic carbocycles. The molecule has 0 bridgehead atoms. The predicted octanol–water partition coefficient (Wildman–Crippen LogP) is 4.82. The Hall–Kier alpha value is -0.0100. The molecule has 0 aliphatic heterocycles. The molecule has 0 nitrogen and oxygen atoms in total. The number of alkyl halides is 1. The van der Waals surface area contributed by atoms with Crippen LogP contribution in [0.3, 0.4) is 0 Å². The molecule has 0 saturated heterocycles. The zero-order valence-electron chi connectivity index (χ0n) is 9.84. The summed E-state index contributed by atoms with van der Waals surface area (Å²) in [6, 6.07) is 6.64. The van der Waals surface area contributed by atoms with E-state index in [4.69, 9.17) is 11.6 Å². The van der Waals surface area contributed by atoms with Crippen molar-refractivity contribution in [3.8, 4) is 0 Å². The maximum Gasteiger partial charge on any atom is 0.0390 e. The lowest BCUT2D eigenvalue weighted by Crippen LogP contribution is -2.26. The van der Waals surface area contributed by atoms with Gasteiger partial charge in [0.15, 0.2) is 0 Å². The molecule has 0 saturated carbocycles. The van der Waals surface area contributed by atoms with Gasteiger partial charge in [-0.3, -0.25) is 0 Å². The van der Waals surface area contributed by atoms with E-state index >= 15 is 0 Å². The average molecular weight is 302 g/mol. The molecule has 2 rings (SSSR count). The first-order valence-electron chi connectivity index (χ1n) is 5.99. The Morgan fingerprint density at radius 2 is 2.06 bits per heavy atom. The van der Waals surface area contributed by atoms with E-state index in [-0.39, 0.29) is 0 Å². The molecule has 2 heteroatoms. The van der Waals surface area contributed by atoms with Gasteiger partial charge in [-0.05, 0) is 54.4 Å². The van der Waals surface area contributed by atoms with Crippen molar-refractivity contribution in [2.24, 2.45) is 11.8 Å². The van der Waals surface area contributed by atoms with Gasteiger partial charge in [0.2, 0.25) is 0 Å². The zero-order chi connectivity index (χ0) is 11.7. The minimum atomic E-state index is 0.316. The summed E-state index contributed by atoms with van der Waals surface area (Å²) in [4.78, 5) is 0. The lowest BCUT2D eigenvalue weighted by molar-refractivity contribution is 0.378. The van der Waals surface area contributed by atoms with Gasteiger partial charge < -0.3 is 0 Å². The van der Waals surface area contributed by atoms with Crippen LogP contribution in [0.1, 0.15) is 31.4 Å². The molecule has 16 heavy (non-hydrogen) atoms. The largest absolute Gasteiger partial charge is 0.122 e. The second-order valence-electron chi connectivity index (χ2n) is 5.10. The first-order chi connectivity index (χ1) is 7.58. The standard InChI is InChI=1S/C14H18BrCl/c1-9(2)14(16)12-4-3-11-8-13(15)6-5-10(11)7-12/h5-6,8-9,12,14H,3-4,7H2,1-2H3. The lowest BCUT2D eigenvalue weighted by atomic mass is 9.80. The fourth-order valence-electron chi connectivity index (χ4n) is 2.57. The highest BCUT2D eigenvalue weighted by Gasteiger charge is 2.26. The summed E-state index contributed by atoms with van der Waals surface area (Å²) in [7, 11) is 0. The summed E-state index contributed by atoms with van der Waals surface area (Å²) >= 11 is 10.0. The fraction of sp³-hybridized carbons (Fsp3) is 0.571. The van der Waals surface area contributed by atoms with E-state index in [1.165, 1.54) is 28.4 Å². The number of rotatable bonds is 2. The monoisotopic (exact) mass is 300 g/mol. The highest BCUT2D eigenvalue weighted by atomic mass is 79.9. The Balaban J connectivity index is 2.15. The molecule has 0 aromatic heterocycles. The van der Waals surface area contributed by atoms with Crippen LogP contribution >= 0.6 is 27.5 Å². The molecule has 1 aliphatic carbocycles. The maximum absolute atomic E-state index is 6.48. The predicted molar refractivity (Wildman–Crippen MR) is 74.1 cm³/mol. The van der Waals surface area contributed by atoms with Gasteiger partial charge in [-0.1, -0.05) is 35.8 Å². The summed E-state index contributed by atoms with van der Waals surface area (Å²) in [5.41, 5.74) is 2.99. The van der Waals surface area contributed by atoms with Crippen LogP contribution in [-0.4, -0.2) is 5.38 Å². The van der Waals surface area contributed by atoms with Crippen molar-refractivity contribution >= 4 is 27.5 Å². The number of hydrogen-bond acceptors (Lipinski definition) is 0. The van der Waals surface area contributed by atoms with Gasteiger partial charge in [0.1, 0.15) is 0 Å². The molecule has 1 aromatic rings. The molecule has 2 atom stereocenters. The van der Waals surface area contributed by atoms with Crippen LogP contribution in [0.4, 0.5) is 0 Å². The summed E-state index contributed by atoms with van der Waals surface area (Å²) < 4.78 is 1.19. The third-order valence-electron chi connectivity index (χ3n) is 3.52. The van der Waals surface area contributed by atoms with Crippen LogP contribution in [-0.2, 0) is 12.8 Å². The van der Waals surface area contributed by atoms with Crippen molar-refractivity contribution in [3.05, 3.63) is 33.8 Å². The van der Waals surface area contributed by atoms with Crippen molar-refractivity contribution < 1.29 is 0 Å². The summed E-state index contributed by atoms with van der Waals surface area (Å²) in [5.74, 6) is 1.22. The first kappa shape index (κ1) is 12.4. The number of benzene rings is 1. The molecule has 0 N–H and O–H groups in total. The second kappa shape index (κ2) is 5.10. The molecule has 0 heterocycles. The van der Waals surface area contributed by atoms with Crippen molar-refractivity contribution in [1.82, 2.24) is 0 Å². The Morgan fingerprint density at radius 1 is 1.31 bits per heavy atom. The highest BCUT2D eigenvalue weighted by molar-refractivity contribution is 9.10. The van der Waals surface area contributed by atoms with Crippen LogP contribution in [0.5, 0.6) is 0 Å². The van der Waals surface area contributed by atoms with E-state index in [9.17, 15) is 0 Å². The number of fused-ring (bicyclic) bond motifs is 1. The quantitative estimate of drug-likeness (QED) is 0.687.